The van der Waals surface area contributed by atoms with Gasteiger partial charge < -0.3 is 19.7 Å². The molecule has 1 N–H and O–H groups in total. The predicted molar refractivity (Wildman–Crippen MR) is 134 cm³/mol. The van der Waals surface area contributed by atoms with Crippen molar-refractivity contribution in [3.05, 3.63) is 66.0 Å². The molecule has 2 aromatic rings. The number of nitrogens with one attached hydrogen (secondary N) is 1. The van der Waals surface area contributed by atoms with Gasteiger partial charge in [-0.3, -0.25) is 4.98 Å². The monoisotopic (exact) mass is 453 g/mol. The maximum atomic E-state index is 5.84. The molecule has 0 fully saturated rings. The van der Waals surface area contributed by atoms with E-state index in [1.54, 1.807) is 0 Å². The van der Waals surface area contributed by atoms with E-state index in [0.717, 1.165) is 61.1 Å². The Hall–Kier alpha value is -2.60. The maximum Gasteiger partial charge on any atom is 0.169 e. The Morgan fingerprint density at radius 2 is 2.06 bits per heavy atom. The topological polar surface area (TPSA) is 46.6 Å². The first-order valence-electron chi connectivity index (χ1n) is 11.6. The van der Waals surface area contributed by atoms with E-state index in [4.69, 9.17) is 21.7 Å². The van der Waals surface area contributed by atoms with Gasteiger partial charge in [0.25, 0.3) is 0 Å². The quantitative estimate of drug-likeness (QED) is 0.375. The highest BCUT2D eigenvalue weighted by atomic mass is 32.1. The second kappa shape index (κ2) is 13.1. The van der Waals surface area contributed by atoms with Crippen LogP contribution < -0.4 is 14.8 Å². The summed E-state index contributed by atoms with van der Waals surface area (Å²) in [5, 5.41) is 4.28. The van der Waals surface area contributed by atoms with E-state index in [1.165, 1.54) is 12.0 Å². The van der Waals surface area contributed by atoms with E-state index in [0.29, 0.717) is 19.1 Å². The summed E-state index contributed by atoms with van der Waals surface area (Å²) in [7, 11) is 0. The summed E-state index contributed by atoms with van der Waals surface area (Å²) < 4.78 is 11.5. The lowest BCUT2D eigenvalue weighted by Crippen LogP contribution is -2.42. The fourth-order valence-corrected chi connectivity index (χ4v) is 4.21. The molecule has 6 heteroatoms. The first-order valence-corrected chi connectivity index (χ1v) is 12.1. The van der Waals surface area contributed by atoms with Crippen LogP contribution in [0.25, 0.3) is 0 Å². The van der Waals surface area contributed by atoms with Crippen LogP contribution in [0.5, 0.6) is 11.5 Å². The third-order valence-electron chi connectivity index (χ3n) is 5.56. The lowest BCUT2D eigenvalue weighted by molar-refractivity contribution is 0.311. The highest BCUT2D eigenvalue weighted by molar-refractivity contribution is 7.80. The van der Waals surface area contributed by atoms with Crippen molar-refractivity contribution in [2.75, 3.05) is 26.3 Å². The van der Waals surface area contributed by atoms with Crippen LogP contribution in [0.15, 0.2) is 54.9 Å². The molecule has 1 atom stereocenters. The summed E-state index contributed by atoms with van der Waals surface area (Å²) in [6, 6.07) is 10.2. The number of hydrogen-bond donors (Lipinski definition) is 1. The molecule has 1 unspecified atom stereocenters. The molecule has 1 heterocycles. The van der Waals surface area contributed by atoms with Crippen molar-refractivity contribution in [2.24, 2.45) is 5.92 Å². The van der Waals surface area contributed by atoms with E-state index in [9.17, 15) is 0 Å². The second-order valence-electron chi connectivity index (χ2n) is 8.01. The third-order valence-corrected chi connectivity index (χ3v) is 5.96. The zero-order chi connectivity index (χ0) is 22.6. The van der Waals surface area contributed by atoms with Crippen molar-refractivity contribution < 1.29 is 9.47 Å². The maximum absolute atomic E-state index is 5.84. The molecule has 0 aliphatic heterocycles. The number of aromatic nitrogens is 1. The minimum absolute atomic E-state index is 0.628. The van der Waals surface area contributed by atoms with Crippen LogP contribution in [-0.4, -0.2) is 41.3 Å². The normalized spacial score (nSPS) is 15.2. The largest absolute Gasteiger partial charge is 0.494 e. The van der Waals surface area contributed by atoms with Crippen LogP contribution in [0, 0.1) is 5.92 Å². The molecule has 0 bridgehead atoms. The molecule has 32 heavy (non-hydrogen) atoms. The van der Waals surface area contributed by atoms with Gasteiger partial charge in [-0.1, -0.05) is 24.3 Å². The molecule has 172 valence electrons. The minimum atomic E-state index is 0.628. The van der Waals surface area contributed by atoms with Gasteiger partial charge in [0.15, 0.2) is 5.11 Å². The first kappa shape index (κ1) is 24.1. The highest BCUT2D eigenvalue weighted by Crippen LogP contribution is 2.25. The molecule has 0 radical (unpaired) electrons. The zero-order valence-electron chi connectivity index (χ0n) is 19.3. The molecular formula is C26H35N3O2S. The van der Waals surface area contributed by atoms with Crippen molar-refractivity contribution in [1.82, 2.24) is 15.2 Å². The van der Waals surface area contributed by atoms with Gasteiger partial charge in [-0.2, -0.15) is 0 Å². The van der Waals surface area contributed by atoms with Crippen molar-refractivity contribution in [2.45, 2.75) is 46.1 Å². The lowest BCUT2D eigenvalue weighted by Gasteiger charge is -2.30. The predicted octanol–water partition coefficient (Wildman–Crippen LogP) is 5.15. The first-order chi connectivity index (χ1) is 15.7. The Bertz CT molecular complexity index is 873. The van der Waals surface area contributed by atoms with Crippen LogP contribution in [0.3, 0.4) is 0 Å². The summed E-state index contributed by atoms with van der Waals surface area (Å²) >= 11 is 5.82. The van der Waals surface area contributed by atoms with Crippen LogP contribution in [0.2, 0.25) is 0 Å². The Morgan fingerprint density at radius 3 is 2.78 bits per heavy atom. The smallest absolute Gasteiger partial charge is 0.169 e. The van der Waals surface area contributed by atoms with Gasteiger partial charge in [-0.05, 0) is 80.9 Å². The minimum Gasteiger partial charge on any atom is -0.494 e. The van der Waals surface area contributed by atoms with Gasteiger partial charge in [0.05, 0.1) is 13.2 Å². The molecule has 0 amide bonds. The Labute approximate surface area is 197 Å². The number of hydrogen-bond acceptors (Lipinski definition) is 4. The summed E-state index contributed by atoms with van der Waals surface area (Å²) in [6.45, 7) is 7.74. The summed E-state index contributed by atoms with van der Waals surface area (Å²) in [5.74, 6) is 2.35. The molecule has 1 aliphatic carbocycles. The molecule has 1 aliphatic rings. The van der Waals surface area contributed by atoms with Gasteiger partial charge in [-0.25, -0.2) is 0 Å². The van der Waals surface area contributed by atoms with Crippen LogP contribution in [-0.2, 0) is 13.0 Å². The average molecular weight is 454 g/mol. The Balaban J connectivity index is 1.60. The van der Waals surface area contributed by atoms with E-state index < -0.39 is 0 Å². The molecule has 0 spiro atoms. The summed E-state index contributed by atoms with van der Waals surface area (Å²) in [5.41, 5.74) is 2.33. The third kappa shape index (κ3) is 7.52. The van der Waals surface area contributed by atoms with E-state index in [1.807, 2.05) is 44.4 Å². The van der Waals surface area contributed by atoms with E-state index >= 15 is 0 Å². The molecule has 5 nitrogen and oxygen atoms in total. The standard InChI is InChI=1S/C26H35N3O2S/c1-3-30-24-13-12-23(25(17-24)31-4-2)14-16-28-26(32)29(19-21-9-6-5-7-10-21)20-22-11-8-15-27-18-22/h5-6,8,11-13,15,17-18,21H,3-4,7,9-10,14,16,19-20H2,1-2H3,(H,28,32). The Morgan fingerprint density at radius 1 is 1.19 bits per heavy atom. The van der Waals surface area contributed by atoms with Gasteiger partial charge in [0.1, 0.15) is 11.5 Å². The number of benzene rings is 1. The average Bonchev–Trinajstić information content (AvgIpc) is 2.82. The van der Waals surface area contributed by atoms with Crippen molar-refractivity contribution >= 4 is 17.3 Å². The van der Waals surface area contributed by atoms with Crippen LogP contribution >= 0.6 is 12.2 Å². The Kier molecular flexibility index (Phi) is 9.82. The molecule has 1 aromatic carbocycles. The highest BCUT2D eigenvalue weighted by Gasteiger charge is 2.18. The number of pyridine rings is 1. The molecule has 3 rings (SSSR count). The fourth-order valence-electron chi connectivity index (χ4n) is 3.97. The van der Waals surface area contributed by atoms with Crippen molar-refractivity contribution in [3.63, 3.8) is 0 Å². The fraction of sp³-hybridized carbons (Fsp3) is 0.462. The van der Waals surface area contributed by atoms with Gasteiger partial charge in [-0.15, -0.1) is 0 Å². The van der Waals surface area contributed by atoms with Crippen molar-refractivity contribution in [1.29, 1.82) is 0 Å². The van der Waals surface area contributed by atoms with Gasteiger partial charge in [0, 0.05) is 38.1 Å². The summed E-state index contributed by atoms with van der Waals surface area (Å²) in [6.07, 6.45) is 12.6. The lowest BCUT2D eigenvalue weighted by atomic mass is 9.94. The van der Waals surface area contributed by atoms with Crippen LogP contribution in [0.1, 0.15) is 44.2 Å². The van der Waals surface area contributed by atoms with Gasteiger partial charge >= 0.3 is 0 Å². The number of ether oxygens (including phenoxy) is 2. The van der Waals surface area contributed by atoms with E-state index in [-0.39, 0.29) is 0 Å². The molecule has 0 saturated heterocycles. The number of allylic oxidation sites excluding steroid dienone is 2. The number of thiocarbonyl (C=S) groups is 1. The molecule has 1 aromatic heterocycles. The second-order valence-corrected chi connectivity index (χ2v) is 8.40. The van der Waals surface area contributed by atoms with Crippen molar-refractivity contribution in [3.8, 4) is 11.5 Å². The summed E-state index contributed by atoms with van der Waals surface area (Å²) in [4.78, 5) is 6.56. The SMILES string of the molecule is CCOc1ccc(CCNC(=S)N(Cc2cccnc2)CC2CC=CCC2)c(OCC)c1. The van der Waals surface area contributed by atoms with E-state index in [2.05, 4.69) is 39.5 Å². The van der Waals surface area contributed by atoms with Gasteiger partial charge in [0.2, 0.25) is 0 Å². The zero-order valence-corrected chi connectivity index (χ0v) is 20.1. The number of nitrogens with zero attached hydrogens (tertiary/aromatic N) is 2. The number of rotatable bonds is 11. The molecular weight excluding hydrogens is 418 g/mol. The molecule has 0 saturated carbocycles. The van der Waals surface area contributed by atoms with Crippen LogP contribution in [0.4, 0.5) is 0 Å².